The summed E-state index contributed by atoms with van der Waals surface area (Å²) in [5.74, 6) is -0.511. The Balaban J connectivity index is 2.12. The molecule has 1 fully saturated rings. The van der Waals surface area contributed by atoms with Crippen molar-refractivity contribution in [3.05, 3.63) is 29.8 Å². The van der Waals surface area contributed by atoms with Gasteiger partial charge in [-0.05, 0) is 12.1 Å². The number of hydrogen-bond acceptors (Lipinski definition) is 5. The zero-order valence-electron chi connectivity index (χ0n) is 12.6. The maximum absolute atomic E-state index is 12.6. The molecule has 0 saturated carbocycles. The lowest BCUT2D eigenvalue weighted by molar-refractivity contribution is -0.118. The molecule has 120 valence electrons. The zero-order valence-corrected chi connectivity index (χ0v) is 12.6. The predicted molar refractivity (Wildman–Crippen MR) is 81.6 cm³/mol. The average molecular weight is 307 g/mol. The van der Waals surface area contributed by atoms with Gasteiger partial charge < -0.3 is 25.4 Å². The van der Waals surface area contributed by atoms with Crippen molar-refractivity contribution in [1.29, 1.82) is 0 Å². The number of methoxy groups -OCH3 is 1. The van der Waals surface area contributed by atoms with E-state index >= 15 is 0 Å². The lowest BCUT2D eigenvalue weighted by Crippen LogP contribution is -2.42. The minimum atomic E-state index is -0.781. The summed E-state index contributed by atoms with van der Waals surface area (Å²) < 4.78 is 10.1. The van der Waals surface area contributed by atoms with E-state index in [9.17, 15) is 9.59 Å². The van der Waals surface area contributed by atoms with Gasteiger partial charge in [0.1, 0.15) is 6.04 Å². The van der Waals surface area contributed by atoms with Crippen molar-refractivity contribution in [3.63, 3.8) is 0 Å². The lowest BCUT2D eigenvalue weighted by atomic mass is 10.1. The second kappa shape index (κ2) is 7.88. The Hall–Kier alpha value is -1.96. The smallest absolute Gasteiger partial charge is 0.256 e. The van der Waals surface area contributed by atoms with Crippen LogP contribution in [-0.2, 0) is 14.3 Å². The third-order valence-corrected chi connectivity index (χ3v) is 3.40. The van der Waals surface area contributed by atoms with E-state index in [2.05, 4.69) is 5.32 Å². The Morgan fingerprint density at radius 2 is 2.05 bits per heavy atom. The van der Waals surface area contributed by atoms with Crippen LogP contribution in [0.25, 0.3) is 0 Å². The minimum absolute atomic E-state index is 0.116. The number of carbonyl (C=O) groups excluding carboxylic acids is 2. The van der Waals surface area contributed by atoms with Gasteiger partial charge in [0.2, 0.25) is 5.91 Å². The quantitative estimate of drug-likeness (QED) is 0.803. The fraction of sp³-hybridized carbons (Fsp3) is 0.467. The minimum Gasteiger partial charge on any atom is -0.383 e. The van der Waals surface area contributed by atoms with Crippen LogP contribution in [-0.4, -0.2) is 62.8 Å². The molecule has 0 bridgehead atoms. The van der Waals surface area contributed by atoms with Crippen molar-refractivity contribution in [2.75, 3.05) is 45.3 Å². The number of nitrogens with zero attached hydrogens (tertiary/aromatic N) is 1. The monoisotopic (exact) mass is 307 g/mol. The molecule has 0 aromatic heterocycles. The zero-order chi connectivity index (χ0) is 15.9. The van der Waals surface area contributed by atoms with Gasteiger partial charge in [0.15, 0.2) is 0 Å². The van der Waals surface area contributed by atoms with Crippen molar-refractivity contribution in [3.8, 4) is 0 Å². The summed E-state index contributed by atoms with van der Waals surface area (Å²) in [5, 5.41) is 2.69. The van der Waals surface area contributed by atoms with Crippen LogP contribution in [0.3, 0.4) is 0 Å². The fourth-order valence-corrected chi connectivity index (χ4v) is 2.20. The largest absolute Gasteiger partial charge is 0.383 e. The maximum atomic E-state index is 12.6. The molecule has 1 aliphatic rings. The van der Waals surface area contributed by atoms with Crippen molar-refractivity contribution < 1.29 is 19.1 Å². The first-order valence-corrected chi connectivity index (χ1v) is 7.15. The summed E-state index contributed by atoms with van der Waals surface area (Å²) in [7, 11) is 1.48. The van der Waals surface area contributed by atoms with Crippen molar-refractivity contribution >= 4 is 17.5 Å². The summed E-state index contributed by atoms with van der Waals surface area (Å²) in [4.78, 5) is 26.3. The Labute approximate surface area is 129 Å². The topological polar surface area (TPSA) is 93.9 Å². The number of morpholine rings is 1. The molecular formula is C15H21N3O4. The number of anilines is 1. The van der Waals surface area contributed by atoms with E-state index in [0.717, 1.165) is 0 Å². The molecule has 0 radical (unpaired) electrons. The molecule has 1 aliphatic heterocycles. The average Bonchev–Trinajstić information content (AvgIpc) is 2.55. The number of ether oxygens (including phenoxy) is 2. The number of hydrogen-bond donors (Lipinski definition) is 2. The molecule has 0 aliphatic carbocycles. The van der Waals surface area contributed by atoms with Gasteiger partial charge in [-0.1, -0.05) is 12.1 Å². The van der Waals surface area contributed by atoms with Crippen LogP contribution in [0.1, 0.15) is 10.4 Å². The second-order valence-corrected chi connectivity index (χ2v) is 5.00. The van der Waals surface area contributed by atoms with Gasteiger partial charge in [-0.3, -0.25) is 9.59 Å². The number of carbonyl (C=O) groups is 2. The molecular weight excluding hydrogens is 286 g/mol. The van der Waals surface area contributed by atoms with Gasteiger partial charge in [-0.2, -0.15) is 0 Å². The molecule has 7 nitrogen and oxygen atoms in total. The molecule has 22 heavy (non-hydrogen) atoms. The van der Waals surface area contributed by atoms with Gasteiger partial charge in [0, 0.05) is 20.2 Å². The van der Waals surface area contributed by atoms with Crippen LogP contribution in [0.5, 0.6) is 0 Å². The summed E-state index contributed by atoms with van der Waals surface area (Å²) >= 11 is 0. The first-order valence-electron chi connectivity index (χ1n) is 7.15. The highest BCUT2D eigenvalue weighted by Gasteiger charge is 2.22. The van der Waals surface area contributed by atoms with E-state index in [1.807, 2.05) is 0 Å². The van der Waals surface area contributed by atoms with E-state index in [4.69, 9.17) is 15.2 Å². The van der Waals surface area contributed by atoms with E-state index in [1.54, 1.807) is 29.2 Å². The highest BCUT2D eigenvalue weighted by molar-refractivity contribution is 6.04. The maximum Gasteiger partial charge on any atom is 0.256 e. The van der Waals surface area contributed by atoms with Crippen LogP contribution in [0.2, 0.25) is 0 Å². The van der Waals surface area contributed by atoms with Crippen molar-refractivity contribution in [2.24, 2.45) is 5.73 Å². The van der Waals surface area contributed by atoms with Gasteiger partial charge in [-0.25, -0.2) is 0 Å². The number of nitrogens with one attached hydrogen (secondary N) is 1. The van der Waals surface area contributed by atoms with Gasteiger partial charge in [0.25, 0.3) is 5.91 Å². The van der Waals surface area contributed by atoms with Crippen molar-refractivity contribution in [2.45, 2.75) is 6.04 Å². The SMILES string of the molecule is COCC(N)C(=O)Nc1ccccc1C(=O)N1CCOCC1. The molecule has 1 aromatic rings. The highest BCUT2D eigenvalue weighted by Crippen LogP contribution is 2.18. The molecule has 1 saturated heterocycles. The highest BCUT2D eigenvalue weighted by atomic mass is 16.5. The number of para-hydroxylation sites is 1. The molecule has 3 N–H and O–H groups in total. The van der Waals surface area contributed by atoms with Gasteiger partial charge in [-0.15, -0.1) is 0 Å². The standard InChI is InChI=1S/C15H21N3O4/c1-21-10-12(16)14(19)17-13-5-3-2-4-11(13)15(20)18-6-8-22-9-7-18/h2-5,12H,6-10,16H2,1H3,(H,17,19). The molecule has 0 spiro atoms. The number of benzene rings is 1. The van der Waals surface area contributed by atoms with Crippen LogP contribution < -0.4 is 11.1 Å². The number of rotatable bonds is 5. The second-order valence-electron chi connectivity index (χ2n) is 5.00. The first kappa shape index (κ1) is 16.4. The molecule has 1 aromatic carbocycles. The van der Waals surface area contributed by atoms with E-state index in [1.165, 1.54) is 7.11 Å². The summed E-state index contributed by atoms with van der Waals surface area (Å²) in [6, 6.07) is 6.11. The molecule has 1 unspecified atom stereocenters. The van der Waals surface area contributed by atoms with Gasteiger partial charge in [0.05, 0.1) is 31.1 Å². The normalized spacial score (nSPS) is 16.2. The van der Waals surface area contributed by atoms with E-state index < -0.39 is 6.04 Å². The van der Waals surface area contributed by atoms with Crippen LogP contribution in [0, 0.1) is 0 Å². The van der Waals surface area contributed by atoms with Gasteiger partial charge >= 0.3 is 0 Å². The Kier molecular flexibility index (Phi) is 5.88. The van der Waals surface area contributed by atoms with Crippen LogP contribution in [0.15, 0.2) is 24.3 Å². The Morgan fingerprint density at radius 3 is 2.73 bits per heavy atom. The Morgan fingerprint density at radius 1 is 1.36 bits per heavy atom. The van der Waals surface area contributed by atoms with Crippen LogP contribution >= 0.6 is 0 Å². The molecule has 2 amide bonds. The summed E-state index contributed by atoms with van der Waals surface area (Å²) in [6.07, 6.45) is 0. The number of nitrogens with two attached hydrogens (primary N) is 1. The third-order valence-electron chi connectivity index (χ3n) is 3.40. The predicted octanol–water partition coefficient (Wildman–Crippen LogP) is 0.0712. The lowest BCUT2D eigenvalue weighted by Gasteiger charge is -2.27. The molecule has 7 heteroatoms. The summed E-state index contributed by atoms with van der Waals surface area (Å²) in [5.41, 5.74) is 6.60. The number of amides is 2. The van der Waals surface area contributed by atoms with E-state index in [-0.39, 0.29) is 18.4 Å². The first-order chi connectivity index (χ1) is 10.6. The van der Waals surface area contributed by atoms with Crippen LogP contribution in [0.4, 0.5) is 5.69 Å². The third kappa shape index (κ3) is 4.03. The summed E-state index contributed by atoms with van der Waals surface area (Å²) in [6.45, 7) is 2.26. The molecule has 1 atom stereocenters. The molecule has 1 heterocycles. The van der Waals surface area contributed by atoms with Crippen molar-refractivity contribution in [1.82, 2.24) is 4.90 Å². The Bertz CT molecular complexity index is 529. The molecule has 2 rings (SSSR count). The fourth-order valence-electron chi connectivity index (χ4n) is 2.20. The van der Waals surface area contributed by atoms with E-state index in [0.29, 0.717) is 37.6 Å².